The predicted octanol–water partition coefficient (Wildman–Crippen LogP) is 0.606. The molecule has 4 heterocycles. The van der Waals surface area contributed by atoms with E-state index >= 15 is 0 Å². The van der Waals surface area contributed by atoms with Crippen molar-refractivity contribution in [3.8, 4) is 0 Å². The van der Waals surface area contributed by atoms with Crippen LogP contribution in [-0.4, -0.2) is 83.1 Å². The van der Waals surface area contributed by atoms with Crippen LogP contribution in [0.2, 0.25) is 0 Å². The van der Waals surface area contributed by atoms with Crippen molar-refractivity contribution in [2.24, 2.45) is 0 Å². The second-order valence-electron chi connectivity index (χ2n) is 7.61. The maximum Gasteiger partial charge on any atom is 0.229 e. The third kappa shape index (κ3) is 5.19. The lowest BCUT2D eigenvalue weighted by Crippen LogP contribution is -2.51. The number of hydrogen-bond acceptors (Lipinski definition) is 9. The van der Waals surface area contributed by atoms with Crippen LogP contribution in [0.25, 0.3) is 0 Å². The van der Waals surface area contributed by atoms with Gasteiger partial charge in [-0.15, -0.1) is 10.2 Å². The summed E-state index contributed by atoms with van der Waals surface area (Å²) in [6, 6.07) is 9.15. The van der Waals surface area contributed by atoms with Gasteiger partial charge in [-0.3, -0.25) is 14.5 Å². The van der Waals surface area contributed by atoms with Crippen LogP contribution in [0.4, 0.5) is 17.5 Å². The summed E-state index contributed by atoms with van der Waals surface area (Å²) in [5, 5.41) is 11.5. The summed E-state index contributed by atoms with van der Waals surface area (Å²) in [5.41, 5.74) is 0. The van der Waals surface area contributed by atoms with Gasteiger partial charge in [0.05, 0.1) is 5.75 Å². The molecule has 2 aliphatic rings. The minimum atomic E-state index is -3.57. The van der Waals surface area contributed by atoms with Gasteiger partial charge < -0.3 is 10.2 Å². The van der Waals surface area contributed by atoms with E-state index in [0.29, 0.717) is 62.9 Å². The summed E-state index contributed by atoms with van der Waals surface area (Å²) in [6.45, 7) is 1.47. The van der Waals surface area contributed by atoms with Crippen LogP contribution in [0.5, 0.6) is 0 Å². The number of carbonyl (C=O) groups excluding carboxylic acids is 2. The maximum absolute atomic E-state index is 12.7. The number of sulfonamides is 1. The number of amides is 2. The molecule has 170 valence electrons. The smallest absolute Gasteiger partial charge is 0.229 e. The highest BCUT2D eigenvalue weighted by Crippen LogP contribution is 2.18. The zero-order valence-electron chi connectivity index (χ0n) is 17.6. The minimum absolute atomic E-state index is 0.0869. The number of nitrogens with zero attached hydrogens (tertiary/aromatic N) is 6. The Kier molecular flexibility index (Phi) is 6.61. The lowest BCUT2D eigenvalue weighted by atomic mass is 10.1. The van der Waals surface area contributed by atoms with Crippen molar-refractivity contribution in [2.45, 2.75) is 19.3 Å². The number of hydrogen-bond donors (Lipinski definition) is 1. The van der Waals surface area contributed by atoms with Crippen LogP contribution in [0.15, 0.2) is 36.5 Å². The molecule has 32 heavy (non-hydrogen) atoms. The van der Waals surface area contributed by atoms with E-state index in [-0.39, 0.29) is 24.1 Å². The average Bonchev–Trinajstić information content (AvgIpc) is 2.80. The van der Waals surface area contributed by atoms with Gasteiger partial charge in [0.25, 0.3) is 0 Å². The molecular formula is C20H25N7O4S. The highest BCUT2D eigenvalue weighted by molar-refractivity contribution is 7.89. The molecule has 1 N–H and O–H groups in total. The van der Waals surface area contributed by atoms with E-state index in [9.17, 15) is 18.0 Å². The number of piperidine rings is 1. The second-order valence-corrected chi connectivity index (χ2v) is 9.70. The number of pyridine rings is 1. The Morgan fingerprint density at radius 1 is 0.906 bits per heavy atom. The first kappa shape index (κ1) is 22.1. The summed E-state index contributed by atoms with van der Waals surface area (Å²) in [6.07, 6.45) is 2.80. The van der Waals surface area contributed by atoms with Gasteiger partial charge in [-0.2, -0.15) is 4.31 Å². The molecule has 2 aliphatic heterocycles. The quantitative estimate of drug-likeness (QED) is 0.592. The molecule has 0 saturated carbocycles. The third-order valence-corrected chi connectivity index (χ3v) is 7.33. The maximum atomic E-state index is 12.7. The minimum Gasteiger partial charge on any atom is -0.352 e. The first-order chi connectivity index (χ1) is 15.4. The Morgan fingerprint density at radius 2 is 1.66 bits per heavy atom. The standard InChI is InChI=1S/C20H25N7O4S/c28-19-5-3-6-20(29)27(19)14-15-32(30,31)26-12-10-25(11-13-26)18-8-7-17(23-24-18)22-16-4-1-2-9-21-16/h1-2,4,7-9H,3,5-6,10-15H2,(H,21,22,23). The largest absolute Gasteiger partial charge is 0.352 e. The molecule has 0 bridgehead atoms. The number of aromatic nitrogens is 3. The summed E-state index contributed by atoms with van der Waals surface area (Å²) >= 11 is 0. The van der Waals surface area contributed by atoms with Gasteiger partial charge in [0, 0.05) is 51.8 Å². The van der Waals surface area contributed by atoms with Gasteiger partial charge in [-0.05, 0) is 30.7 Å². The molecule has 2 fully saturated rings. The Labute approximate surface area is 186 Å². The summed E-state index contributed by atoms with van der Waals surface area (Å²) in [5.74, 6) is 1.06. The molecule has 2 aromatic rings. The Balaban J connectivity index is 1.29. The summed E-state index contributed by atoms with van der Waals surface area (Å²) in [4.78, 5) is 31.0. The Hall–Kier alpha value is -3.12. The number of rotatable bonds is 7. The topological polar surface area (TPSA) is 129 Å². The molecule has 11 nitrogen and oxygen atoms in total. The Morgan fingerprint density at radius 3 is 2.28 bits per heavy atom. The van der Waals surface area contributed by atoms with Crippen LogP contribution < -0.4 is 10.2 Å². The highest BCUT2D eigenvalue weighted by atomic mass is 32.2. The fraction of sp³-hybridized carbons (Fsp3) is 0.450. The molecule has 0 atom stereocenters. The van der Waals surface area contributed by atoms with E-state index in [1.165, 1.54) is 4.31 Å². The van der Waals surface area contributed by atoms with E-state index in [1.54, 1.807) is 12.3 Å². The van der Waals surface area contributed by atoms with Crippen LogP contribution in [0, 0.1) is 0 Å². The van der Waals surface area contributed by atoms with E-state index in [4.69, 9.17) is 0 Å². The SMILES string of the molecule is O=C1CCCC(=O)N1CCS(=O)(=O)N1CCN(c2ccc(Nc3ccccn3)nn2)CC1. The van der Waals surface area contributed by atoms with Gasteiger partial charge in [-0.1, -0.05) is 6.07 Å². The van der Waals surface area contributed by atoms with Crippen LogP contribution in [0.3, 0.4) is 0 Å². The van der Waals surface area contributed by atoms with Gasteiger partial charge in [0.15, 0.2) is 11.6 Å². The van der Waals surface area contributed by atoms with Gasteiger partial charge in [0.1, 0.15) is 5.82 Å². The normalized spacial score (nSPS) is 18.1. The molecule has 12 heteroatoms. The molecule has 4 rings (SSSR count). The van der Waals surface area contributed by atoms with E-state index in [1.807, 2.05) is 29.2 Å². The van der Waals surface area contributed by atoms with Crippen LogP contribution in [0.1, 0.15) is 19.3 Å². The number of carbonyl (C=O) groups is 2. The first-order valence-electron chi connectivity index (χ1n) is 10.5. The number of nitrogens with one attached hydrogen (secondary N) is 1. The summed E-state index contributed by atoms with van der Waals surface area (Å²) < 4.78 is 26.8. The lowest BCUT2D eigenvalue weighted by Gasteiger charge is -2.35. The molecule has 0 aromatic carbocycles. The molecule has 0 radical (unpaired) electrons. The average molecular weight is 460 g/mol. The van der Waals surface area contributed by atoms with Crippen molar-refractivity contribution in [3.05, 3.63) is 36.5 Å². The fourth-order valence-corrected chi connectivity index (χ4v) is 5.10. The van der Waals surface area contributed by atoms with Crippen molar-refractivity contribution in [1.82, 2.24) is 24.4 Å². The number of likely N-dealkylation sites (tertiary alicyclic amines) is 1. The molecule has 2 saturated heterocycles. The van der Waals surface area contributed by atoms with Crippen LogP contribution >= 0.6 is 0 Å². The Bertz CT molecular complexity index is 1040. The van der Waals surface area contributed by atoms with Crippen molar-refractivity contribution < 1.29 is 18.0 Å². The summed E-state index contributed by atoms with van der Waals surface area (Å²) in [7, 11) is -3.57. The lowest BCUT2D eigenvalue weighted by molar-refractivity contribution is -0.147. The van der Waals surface area contributed by atoms with E-state index in [0.717, 1.165) is 4.90 Å². The van der Waals surface area contributed by atoms with Gasteiger partial charge in [0.2, 0.25) is 21.8 Å². The van der Waals surface area contributed by atoms with Crippen molar-refractivity contribution in [2.75, 3.05) is 48.7 Å². The van der Waals surface area contributed by atoms with Crippen molar-refractivity contribution >= 4 is 39.3 Å². The number of piperazine rings is 1. The predicted molar refractivity (Wildman–Crippen MR) is 118 cm³/mol. The molecule has 0 spiro atoms. The van der Waals surface area contributed by atoms with Crippen molar-refractivity contribution in [1.29, 1.82) is 0 Å². The van der Waals surface area contributed by atoms with E-state index < -0.39 is 10.0 Å². The molecule has 2 amide bonds. The molecule has 0 aliphatic carbocycles. The number of anilines is 3. The molecule has 0 unspecified atom stereocenters. The van der Waals surface area contributed by atoms with Gasteiger partial charge >= 0.3 is 0 Å². The van der Waals surface area contributed by atoms with E-state index in [2.05, 4.69) is 20.5 Å². The zero-order chi connectivity index (χ0) is 22.6. The zero-order valence-corrected chi connectivity index (χ0v) is 18.4. The third-order valence-electron chi connectivity index (χ3n) is 5.48. The number of imide groups is 1. The second kappa shape index (κ2) is 9.57. The van der Waals surface area contributed by atoms with Crippen LogP contribution in [-0.2, 0) is 19.6 Å². The molecular weight excluding hydrogens is 434 g/mol. The van der Waals surface area contributed by atoms with Crippen molar-refractivity contribution in [3.63, 3.8) is 0 Å². The van der Waals surface area contributed by atoms with Gasteiger partial charge in [-0.25, -0.2) is 13.4 Å². The monoisotopic (exact) mass is 459 g/mol. The fourth-order valence-electron chi connectivity index (χ4n) is 3.71. The molecule has 2 aromatic heterocycles. The first-order valence-corrected chi connectivity index (χ1v) is 12.1. The highest BCUT2D eigenvalue weighted by Gasteiger charge is 2.31.